The average molecular weight is 270 g/mol. The number of nitrogens with one attached hydrogen (secondary N) is 1. The van der Waals surface area contributed by atoms with E-state index in [2.05, 4.69) is 15.0 Å². The number of amides is 1. The Morgan fingerprint density at radius 1 is 1.37 bits per heavy atom. The summed E-state index contributed by atoms with van der Waals surface area (Å²) in [5, 5.41) is 5.85. The third-order valence-corrected chi connectivity index (χ3v) is 2.50. The lowest BCUT2D eigenvalue weighted by Gasteiger charge is -2.11. The van der Waals surface area contributed by atoms with Crippen LogP contribution in [0, 0.1) is 6.92 Å². The number of carbonyl (C=O) groups is 1. The molecular weight excluding hydrogens is 261 g/mol. The fraction of sp³-hybridized carbons (Fsp3) is 0.167. The van der Waals surface area contributed by atoms with Crippen molar-refractivity contribution in [2.45, 2.75) is 13.1 Å². The van der Waals surface area contributed by atoms with E-state index in [9.17, 15) is 18.0 Å². The van der Waals surface area contributed by atoms with Gasteiger partial charge in [-0.2, -0.15) is 13.2 Å². The number of anilines is 1. The molecule has 0 radical (unpaired) electrons. The van der Waals surface area contributed by atoms with Crippen molar-refractivity contribution in [1.82, 2.24) is 5.16 Å². The van der Waals surface area contributed by atoms with Crippen LogP contribution >= 0.6 is 0 Å². The molecule has 0 saturated carbocycles. The van der Waals surface area contributed by atoms with Crippen LogP contribution in [0.5, 0.6) is 0 Å². The van der Waals surface area contributed by atoms with Gasteiger partial charge in [-0.3, -0.25) is 4.79 Å². The fourth-order valence-electron chi connectivity index (χ4n) is 1.49. The van der Waals surface area contributed by atoms with Gasteiger partial charge in [0, 0.05) is 5.69 Å². The largest absolute Gasteiger partial charge is 0.416 e. The van der Waals surface area contributed by atoms with E-state index in [-0.39, 0.29) is 5.56 Å². The molecule has 1 N–H and O–H groups in total. The second kappa shape index (κ2) is 4.75. The van der Waals surface area contributed by atoms with Gasteiger partial charge in [0.05, 0.1) is 17.3 Å². The minimum atomic E-state index is -4.40. The molecule has 2 aromatic rings. The van der Waals surface area contributed by atoms with E-state index in [1.54, 1.807) is 0 Å². The molecule has 7 heteroatoms. The zero-order chi connectivity index (χ0) is 14.0. The molecule has 4 nitrogen and oxygen atoms in total. The summed E-state index contributed by atoms with van der Waals surface area (Å²) in [4.78, 5) is 11.7. The van der Waals surface area contributed by atoms with Gasteiger partial charge in [-0.1, -0.05) is 5.16 Å². The fourth-order valence-corrected chi connectivity index (χ4v) is 1.49. The summed E-state index contributed by atoms with van der Waals surface area (Å²) in [5.74, 6) is -0.496. The third kappa shape index (κ3) is 2.93. The number of benzene rings is 1. The summed E-state index contributed by atoms with van der Waals surface area (Å²) in [6.07, 6.45) is -2.04. The van der Waals surface area contributed by atoms with Crippen LogP contribution in [-0.2, 0) is 6.18 Å². The van der Waals surface area contributed by atoms with Gasteiger partial charge < -0.3 is 9.84 Å². The maximum atomic E-state index is 12.5. The number of rotatable bonds is 2. The first-order valence-electron chi connectivity index (χ1n) is 5.26. The molecule has 0 saturated heterocycles. The second-order valence-corrected chi connectivity index (χ2v) is 3.89. The molecule has 0 aliphatic carbocycles. The Morgan fingerprint density at radius 3 is 2.63 bits per heavy atom. The standard InChI is InChI=1S/C12H9F3N2O2/c1-7-4-9(12(13,14)15)2-3-10(7)17-11(18)8-5-16-19-6-8/h2-6H,1H3,(H,17,18). The molecular formula is C12H9F3N2O2. The number of hydrogen-bond acceptors (Lipinski definition) is 3. The molecule has 0 aliphatic rings. The summed E-state index contributed by atoms with van der Waals surface area (Å²) in [6.45, 7) is 1.48. The van der Waals surface area contributed by atoms with Gasteiger partial charge in [0.25, 0.3) is 5.91 Å². The molecule has 1 aromatic heterocycles. The summed E-state index contributed by atoms with van der Waals surface area (Å²) in [6, 6.07) is 3.10. The molecule has 100 valence electrons. The second-order valence-electron chi connectivity index (χ2n) is 3.89. The van der Waals surface area contributed by atoms with E-state index in [4.69, 9.17) is 0 Å². The first kappa shape index (κ1) is 13.1. The predicted molar refractivity (Wildman–Crippen MR) is 60.6 cm³/mol. The number of alkyl halides is 3. The highest BCUT2D eigenvalue weighted by atomic mass is 19.4. The quantitative estimate of drug-likeness (QED) is 0.911. The highest BCUT2D eigenvalue weighted by molar-refractivity contribution is 6.04. The monoisotopic (exact) mass is 270 g/mol. The number of carbonyl (C=O) groups excluding carboxylic acids is 1. The lowest BCUT2D eigenvalue weighted by atomic mass is 10.1. The third-order valence-electron chi connectivity index (χ3n) is 2.50. The molecule has 0 unspecified atom stereocenters. The summed E-state index contributed by atoms with van der Waals surface area (Å²) < 4.78 is 41.9. The zero-order valence-electron chi connectivity index (χ0n) is 9.78. The first-order valence-corrected chi connectivity index (χ1v) is 5.26. The van der Waals surface area contributed by atoms with Crippen molar-refractivity contribution in [3.8, 4) is 0 Å². The highest BCUT2D eigenvalue weighted by Crippen LogP contribution is 2.31. The van der Waals surface area contributed by atoms with Crippen molar-refractivity contribution in [1.29, 1.82) is 0 Å². The van der Waals surface area contributed by atoms with E-state index in [0.717, 1.165) is 18.4 Å². The molecule has 2 rings (SSSR count). The molecule has 1 aromatic carbocycles. The Labute approximate surface area is 106 Å². The topological polar surface area (TPSA) is 55.1 Å². The van der Waals surface area contributed by atoms with Gasteiger partial charge in [-0.25, -0.2) is 0 Å². The Bertz CT molecular complexity index is 592. The van der Waals surface area contributed by atoms with Crippen molar-refractivity contribution < 1.29 is 22.5 Å². The predicted octanol–water partition coefficient (Wildman–Crippen LogP) is 3.25. The van der Waals surface area contributed by atoms with Crippen LogP contribution in [0.1, 0.15) is 21.5 Å². The Kier molecular flexibility index (Phi) is 3.28. The van der Waals surface area contributed by atoms with Crippen molar-refractivity contribution in [2.75, 3.05) is 5.32 Å². The maximum Gasteiger partial charge on any atom is 0.416 e. The van der Waals surface area contributed by atoms with Crippen molar-refractivity contribution >= 4 is 11.6 Å². The number of nitrogens with zero attached hydrogens (tertiary/aromatic N) is 1. The lowest BCUT2D eigenvalue weighted by molar-refractivity contribution is -0.137. The van der Waals surface area contributed by atoms with E-state index >= 15 is 0 Å². The Morgan fingerprint density at radius 2 is 2.11 bits per heavy atom. The molecule has 0 bridgehead atoms. The number of halogens is 3. The van der Waals surface area contributed by atoms with E-state index in [0.29, 0.717) is 11.3 Å². The highest BCUT2D eigenvalue weighted by Gasteiger charge is 2.30. The molecule has 0 fully saturated rings. The Hall–Kier alpha value is -2.31. The van der Waals surface area contributed by atoms with Crippen molar-refractivity contribution in [2.24, 2.45) is 0 Å². The van der Waals surface area contributed by atoms with E-state index in [1.165, 1.54) is 19.2 Å². The van der Waals surface area contributed by atoms with Crippen LogP contribution in [0.15, 0.2) is 35.2 Å². The summed E-state index contributed by atoms with van der Waals surface area (Å²) in [5.41, 5.74) is 0.0612. The SMILES string of the molecule is Cc1cc(C(F)(F)F)ccc1NC(=O)c1cnoc1. The molecule has 0 aliphatic heterocycles. The minimum Gasteiger partial charge on any atom is -0.364 e. The van der Waals surface area contributed by atoms with Gasteiger partial charge in [0.2, 0.25) is 0 Å². The number of aromatic nitrogens is 1. The smallest absolute Gasteiger partial charge is 0.364 e. The summed E-state index contributed by atoms with van der Waals surface area (Å²) in [7, 11) is 0. The number of aryl methyl sites for hydroxylation is 1. The lowest BCUT2D eigenvalue weighted by Crippen LogP contribution is -2.13. The van der Waals surface area contributed by atoms with E-state index in [1.807, 2.05) is 0 Å². The zero-order valence-corrected chi connectivity index (χ0v) is 9.78. The molecule has 1 amide bonds. The van der Waals surface area contributed by atoms with Gasteiger partial charge in [0.1, 0.15) is 6.26 Å². The van der Waals surface area contributed by atoms with E-state index < -0.39 is 17.6 Å². The first-order chi connectivity index (χ1) is 8.88. The molecule has 1 heterocycles. The normalized spacial score (nSPS) is 11.4. The van der Waals surface area contributed by atoms with Crippen molar-refractivity contribution in [3.63, 3.8) is 0 Å². The average Bonchev–Trinajstić information content (AvgIpc) is 2.84. The van der Waals surface area contributed by atoms with Crippen LogP contribution in [0.3, 0.4) is 0 Å². The van der Waals surface area contributed by atoms with Gasteiger partial charge in [-0.05, 0) is 30.7 Å². The summed E-state index contributed by atoms with van der Waals surface area (Å²) >= 11 is 0. The molecule has 0 spiro atoms. The van der Waals surface area contributed by atoms with Gasteiger partial charge in [0.15, 0.2) is 0 Å². The maximum absolute atomic E-state index is 12.5. The van der Waals surface area contributed by atoms with Crippen LogP contribution in [0.25, 0.3) is 0 Å². The van der Waals surface area contributed by atoms with Gasteiger partial charge in [-0.15, -0.1) is 0 Å². The van der Waals surface area contributed by atoms with Gasteiger partial charge >= 0.3 is 6.18 Å². The molecule has 0 atom stereocenters. The van der Waals surface area contributed by atoms with Crippen molar-refractivity contribution in [3.05, 3.63) is 47.3 Å². The minimum absolute atomic E-state index is 0.194. The van der Waals surface area contributed by atoms with Crippen LogP contribution in [0.4, 0.5) is 18.9 Å². The number of hydrogen-bond donors (Lipinski definition) is 1. The Balaban J connectivity index is 2.21. The van der Waals surface area contributed by atoms with Crippen LogP contribution < -0.4 is 5.32 Å². The van der Waals surface area contributed by atoms with Crippen LogP contribution in [0.2, 0.25) is 0 Å². The van der Waals surface area contributed by atoms with Crippen LogP contribution in [-0.4, -0.2) is 11.1 Å². The molecule has 19 heavy (non-hydrogen) atoms.